The second-order valence-corrected chi connectivity index (χ2v) is 3.07. The SMILES string of the molecule is NC(=O)c1c([CH]CO)ccnc1Br. The third-order valence-corrected chi connectivity index (χ3v) is 2.10. The van der Waals surface area contributed by atoms with E-state index < -0.39 is 5.91 Å². The van der Waals surface area contributed by atoms with Crippen molar-refractivity contribution < 1.29 is 9.90 Å². The van der Waals surface area contributed by atoms with Gasteiger partial charge >= 0.3 is 0 Å². The van der Waals surface area contributed by atoms with Crippen LogP contribution < -0.4 is 5.73 Å². The number of amides is 1. The van der Waals surface area contributed by atoms with Crippen LogP contribution in [0.15, 0.2) is 16.9 Å². The number of primary amides is 1. The molecule has 0 spiro atoms. The van der Waals surface area contributed by atoms with Gasteiger partial charge in [0.1, 0.15) is 4.60 Å². The molecule has 1 aromatic rings. The Labute approximate surface area is 83.9 Å². The fourth-order valence-corrected chi connectivity index (χ4v) is 1.50. The number of hydrogen-bond acceptors (Lipinski definition) is 3. The fraction of sp³-hybridized carbons (Fsp3) is 0.125. The van der Waals surface area contributed by atoms with Gasteiger partial charge in [-0.05, 0) is 27.6 Å². The molecule has 1 aromatic heterocycles. The van der Waals surface area contributed by atoms with E-state index in [1.165, 1.54) is 12.6 Å². The zero-order valence-electron chi connectivity index (χ0n) is 6.70. The van der Waals surface area contributed by atoms with Gasteiger partial charge < -0.3 is 10.8 Å². The second kappa shape index (κ2) is 4.34. The molecule has 1 rings (SSSR count). The van der Waals surface area contributed by atoms with Crippen LogP contribution in [-0.2, 0) is 0 Å². The first-order chi connectivity index (χ1) is 6.16. The molecule has 0 unspecified atom stereocenters. The summed E-state index contributed by atoms with van der Waals surface area (Å²) in [5.74, 6) is -0.570. The zero-order chi connectivity index (χ0) is 9.84. The normalized spacial score (nSPS) is 10.0. The lowest BCUT2D eigenvalue weighted by atomic mass is 10.1. The summed E-state index contributed by atoms with van der Waals surface area (Å²) in [6.45, 7) is -0.142. The molecule has 0 saturated heterocycles. The number of rotatable bonds is 3. The molecule has 13 heavy (non-hydrogen) atoms. The quantitative estimate of drug-likeness (QED) is 0.759. The molecule has 0 aliphatic carbocycles. The molecule has 4 nitrogen and oxygen atoms in total. The lowest BCUT2D eigenvalue weighted by Gasteiger charge is -2.05. The van der Waals surface area contributed by atoms with Crippen LogP contribution >= 0.6 is 15.9 Å². The highest BCUT2D eigenvalue weighted by atomic mass is 79.9. The van der Waals surface area contributed by atoms with Crippen LogP contribution in [0.25, 0.3) is 0 Å². The summed E-state index contributed by atoms with van der Waals surface area (Å²) in [5.41, 5.74) is 6.00. The molecule has 0 fully saturated rings. The number of nitrogens with two attached hydrogens (primary N) is 1. The van der Waals surface area contributed by atoms with Crippen molar-refractivity contribution in [3.8, 4) is 0 Å². The standard InChI is InChI=1S/C8H8BrN2O2/c9-7-6(8(10)13)5(2-4-12)1-3-11-7/h1-3,12H,4H2,(H2,10,13). The van der Waals surface area contributed by atoms with Gasteiger partial charge in [-0.2, -0.15) is 0 Å². The van der Waals surface area contributed by atoms with Crippen molar-refractivity contribution in [3.05, 3.63) is 34.4 Å². The van der Waals surface area contributed by atoms with E-state index in [0.717, 1.165) is 0 Å². The Morgan fingerprint density at radius 2 is 2.46 bits per heavy atom. The summed E-state index contributed by atoms with van der Waals surface area (Å²) < 4.78 is 0.391. The Bertz CT molecular complexity index is 328. The van der Waals surface area contributed by atoms with E-state index in [0.29, 0.717) is 10.2 Å². The van der Waals surface area contributed by atoms with Crippen LogP contribution in [0.5, 0.6) is 0 Å². The molecule has 0 aliphatic heterocycles. The highest BCUT2D eigenvalue weighted by molar-refractivity contribution is 9.10. The number of carbonyl (C=O) groups is 1. The number of carbonyl (C=O) groups excluding carboxylic acids is 1. The zero-order valence-corrected chi connectivity index (χ0v) is 8.28. The first-order valence-electron chi connectivity index (χ1n) is 3.55. The molecule has 1 heterocycles. The summed E-state index contributed by atoms with van der Waals surface area (Å²) in [6.07, 6.45) is 3.02. The highest BCUT2D eigenvalue weighted by Gasteiger charge is 2.12. The van der Waals surface area contributed by atoms with Crippen LogP contribution in [0.4, 0.5) is 0 Å². The van der Waals surface area contributed by atoms with Crippen LogP contribution in [0.1, 0.15) is 15.9 Å². The monoisotopic (exact) mass is 243 g/mol. The van der Waals surface area contributed by atoms with Gasteiger partial charge in [0.05, 0.1) is 12.2 Å². The van der Waals surface area contributed by atoms with E-state index in [1.54, 1.807) is 6.07 Å². The lowest BCUT2D eigenvalue weighted by Crippen LogP contribution is -2.15. The average molecular weight is 244 g/mol. The molecule has 0 aromatic carbocycles. The topological polar surface area (TPSA) is 76.2 Å². The van der Waals surface area contributed by atoms with Gasteiger partial charge in [0.2, 0.25) is 0 Å². The van der Waals surface area contributed by atoms with Crippen molar-refractivity contribution in [2.75, 3.05) is 6.61 Å². The Balaban J connectivity index is 3.17. The van der Waals surface area contributed by atoms with Crippen molar-refractivity contribution in [2.24, 2.45) is 5.73 Å². The van der Waals surface area contributed by atoms with E-state index in [1.807, 2.05) is 0 Å². The van der Waals surface area contributed by atoms with Crippen molar-refractivity contribution in [1.82, 2.24) is 4.98 Å². The molecule has 0 bridgehead atoms. The first kappa shape index (κ1) is 10.1. The molecule has 1 radical (unpaired) electrons. The predicted octanol–water partition coefficient (Wildman–Crippen LogP) is 0.488. The summed E-state index contributed by atoms with van der Waals surface area (Å²) in [4.78, 5) is 14.8. The van der Waals surface area contributed by atoms with Crippen LogP contribution in [0.2, 0.25) is 0 Å². The van der Waals surface area contributed by atoms with E-state index in [4.69, 9.17) is 10.8 Å². The number of pyridine rings is 1. The number of halogens is 1. The van der Waals surface area contributed by atoms with Crippen molar-refractivity contribution >= 4 is 21.8 Å². The molecule has 0 atom stereocenters. The minimum Gasteiger partial charge on any atom is -0.396 e. The van der Waals surface area contributed by atoms with Crippen molar-refractivity contribution in [2.45, 2.75) is 0 Å². The lowest BCUT2D eigenvalue weighted by molar-refractivity contribution is 0.0998. The average Bonchev–Trinajstić information content (AvgIpc) is 2.04. The highest BCUT2D eigenvalue weighted by Crippen LogP contribution is 2.18. The fourth-order valence-electron chi connectivity index (χ4n) is 0.962. The Hall–Kier alpha value is -0.940. The van der Waals surface area contributed by atoms with E-state index in [9.17, 15) is 4.79 Å². The molecule has 69 valence electrons. The number of aliphatic hydroxyl groups excluding tert-OH is 1. The minimum absolute atomic E-state index is 0.142. The smallest absolute Gasteiger partial charge is 0.251 e. The number of nitrogens with zero attached hydrogens (tertiary/aromatic N) is 1. The third kappa shape index (κ3) is 2.26. The molecular formula is C8H8BrN2O2. The van der Waals surface area contributed by atoms with Crippen molar-refractivity contribution in [1.29, 1.82) is 0 Å². The van der Waals surface area contributed by atoms with Crippen molar-refractivity contribution in [3.63, 3.8) is 0 Å². The predicted molar refractivity (Wildman–Crippen MR) is 50.9 cm³/mol. The largest absolute Gasteiger partial charge is 0.396 e. The maximum absolute atomic E-state index is 11.0. The summed E-state index contributed by atoms with van der Waals surface area (Å²) in [6, 6.07) is 1.61. The Morgan fingerprint density at radius 3 is 3.00 bits per heavy atom. The molecule has 3 N–H and O–H groups in total. The van der Waals surface area contributed by atoms with Gasteiger partial charge in [-0.3, -0.25) is 4.79 Å². The van der Waals surface area contributed by atoms with Gasteiger partial charge in [-0.25, -0.2) is 4.98 Å². The van der Waals surface area contributed by atoms with Crippen LogP contribution in [-0.4, -0.2) is 22.6 Å². The van der Waals surface area contributed by atoms with Crippen LogP contribution in [0.3, 0.4) is 0 Å². The maximum Gasteiger partial charge on any atom is 0.251 e. The molecule has 0 aliphatic rings. The number of aromatic nitrogens is 1. The first-order valence-corrected chi connectivity index (χ1v) is 4.34. The third-order valence-electron chi connectivity index (χ3n) is 1.49. The summed E-state index contributed by atoms with van der Waals surface area (Å²) >= 11 is 3.10. The van der Waals surface area contributed by atoms with E-state index in [-0.39, 0.29) is 12.2 Å². The van der Waals surface area contributed by atoms with E-state index >= 15 is 0 Å². The maximum atomic E-state index is 11.0. The summed E-state index contributed by atoms with van der Waals surface area (Å²) in [5, 5.41) is 8.67. The molecule has 1 amide bonds. The van der Waals surface area contributed by atoms with E-state index in [2.05, 4.69) is 20.9 Å². The van der Waals surface area contributed by atoms with Gasteiger partial charge in [0, 0.05) is 12.6 Å². The molecule has 5 heteroatoms. The number of hydrogen-bond donors (Lipinski definition) is 2. The molecular weight excluding hydrogens is 236 g/mol. The summed E-state index contributed by atoms with van der Waals surface area (Å²) in [7, 11) is 0. The second-order valence-electron chi connectivity index (χ2n) is 2.32. The van der Waals surface area contributed by atoms with Gasteiger partial charge in [-0.1, -0.05) is 0 Å². The van der Waals surface area contributed by atoms with Gasteiger partial charge in [0.15, 0.2) is 0 Å². The van der Waals surface area contributed by atoms with Crippen LogP contribution in [0, 0.1) is 6.42 Å². The van der Waals surface area contributed by atoms with Gasteiger partial charge in [0.25, 0.3) is 5.91 Å². The molecule has 0 saturated carbocycles. The minimum atomic E-state index is -0.570. The Kier molecular flexibility index (Phi) is 3.39. The Morgan fingerprint density at radius 1 is 1.77 bits per heavy atom. The van der Waals surface area contributed by atoms with Gasteiger partial charge in [-0.15, -0.1) is 0 Å². The number of aliphatic hydroxyl groups is 1.